The van der Waals surface area contributed by atoms with Crippen LogP contribution in [0.3, 0.4) is 0 Å². The van der Waals surface area contributed by atoms with Gasteiger partial charge in [-0.05, 0) is 36.6 Å². The highest BCUT2D eigenvalue weighted by atomic mass is 16.5. The third kappa shape index (κ3) is 5.38. The molecule has 0 amide bonds. The Morgan fingerprint density at radius 3 is 2.46 bits per heavy atom. The number of ether oxygens (including phenoxy) is 1. The molecule has 1 saturated heterocycles. The number of H-pyrrole nitrogens is 1. The number of hydrogen-bond acceptors (Lipinski definition) is 3. The molecule has 1 aliphatic heterocycles. The summed E-state index contributed by atoms with van der Waals surface area (Å²) in [7, 11) is 0. The molecule has 0 atom stereocenters. The predicted molar refractivity (Wildman–Crippen MR) is 107 cm³/mol. The third-order valence-electron chi connectivity index (χ3n) is 5.12. The smallest absolute Gasteiger partial charge is 0.248 e. The van der Waals surface area contributed by atoms with E-state index in [0.29, 0.717) is 0 Å². The van der Waals surface area contributed by atoms with Crippen molar-refractivity contribution in [2.45, 2.75) is 58.0 Å². The lowest BCUT2D eigenvalue weighted by molar-refractivity contribution is 0.171. The maximum atomic E-state index is 11.2. The summed E-state index contributed by atoms with van der Waals surface area (Å²) in [5.74, 6) is 0.977. The molecule has 4 nitrogen and oxygen atoms in total. The van der Waals surface area contributed by atoms with Crippen LogP contribution in [0.5, 0.6) is 5.75 Å². The lowest BCUT2D eigenvalue weighted by Gasteiger charge is -2.33. The molecule has 0 radical (unpaired) electrons. The van der Waals surface area contributed by atoms with Crippen LogP contribution in [0.2, 0.25) is 0 Å². The van der Waals surface area contributed by atoms with Gasteiger partial charge in [0.15, 0.2) is 0 Å². The highest BCUT2D eigenvalue weighted by Crippen LogP contribution is 2.23. The molecule has 0 saturated carbocycles. The first kappa shape index (κ1) is 18.6. The van der Waals surface area contributed by atoms with Crippen LogP contribution in [0.1, 0.15) is 51.0 Å². The summed E-state index contributed by atoms with van der Waals surface area (Å²) >= 11 is 0. The van der Waals surface area contributed by atoms with Crippen LogP contribution in [-0.4, -0.2) is 24.2 Å². The maximum Gasteiger partial charge on any atom is 0.248 e. The fraction of sp³-hybridized carbons (Fsp3) is 0.500. The number of benzene rings is 1. The van der Waals surface area contributed by atoms with Gasteiger partial charge < -0.3 is 14.6 Å². The zero-order valence-electron chi connectivity index (χ0n) is 15.7. The maximum absolute atomic E-state index is 11.2. The van der Waals surface area contributed by atoms with Crippen molar-refractivity contribution in [1.29, 1.82) is 0 Å². The number of piperidine rings is 1. The minimum absolute atomic E-state index is 0.0548. The number of rotatable bonds is 8. The van der Waals surface area contributed by atoms with Crippen molar-refractivity contribution in [1.82, 2.24) is 4.98 Å². The van der Waals surface area contributed by atoms with Gasteiger partial charge in [0.2, 0.25) is 5.56 Å². The Bertz CT molecular complexity index is 695. The minimum Gasteiger partial charge on any atom is -0.490 e. The van der Waals surface area contributed by atoms with Gasteiger partial charge >= 0.3 is 0 Å². The number of unbranched alkanes of at least 4 members (excludes halogenated alkanes) is 3. The monoisotopic (exact) mass is 354 g/mol. The van der Waals surface area contributed by atoms with Crippen molar-refractivity contribution < 1.29 is 4.74 Å². The van der Waals surface area contributed by atoms with Crippen LogP contribution < -0.4 is 15.2 Å². The van der Waals surface area contributed by atoms with Gasteiger partial charge in [0.05, 0.1) is 5.69 Å². The first-order chi connectivity index (χ1) is 12.7. The number of nitrogens with zero attached hydrogens (tertiary/aromatic N) is 1. The van der Waals surface area contributed by atoms with Gasteiger partial charge in [0.1, 0.15) is 11.9 Å². The second kappa shape index (κ2) is 9.46. The summed E-state index contributed by atoms with van der Waals surface area (Å²) < 4.78 is 6.17. The average molecular weight is 354 g/mol. The molecule has 0 aliphatic carbocycles. The molecule has 0 spiro atoms. The quantitative estimate of drug-likeness (QED) is 0.708. The average Bonchev–Trinajstić information content (AvgIpc) is 2.68. The normalized spacial score (nSPS) is 15.2. The van der Waals surface area contributed by atoms with E-state index < -0.39 is 0 Å². The molecule has 0 bridgehead atoms. The number of pyridine rings is 1. The van der Waals surface area contributed by atoms with Crippen LogP contribution in [-0.2, 0) is 6.42 Å². The Kier molecular flexibility index (Phi) is 6.75. The number of nitrogens with one attached hydrogen (secondary N) is 1. The number of aryl methyl sites for hydroxylation is 1. The molecule has 4 heteroatoms. The van der Waals surface area contributed by atoms with Gasteiger partial charge in [-0.25, -0.2) is 0 Å². The Balaban J connectivity index is 1.44. The van der Waals surface area contributed by atoms with Crippen molar-refractivity contribution in [3.8, 4) is 5.75 Å². The van der Waals surface area contributed by atoms with Crippen LogP contribution in [0.15, 0.2) is 47.4 Å². The molecule has 26 heavy (non-hydrogen) atoms. The molecule has 0 unspecified atom stereocenters. The Morgan fingerprint density at radius 2 is 1.81 bits per heavy atom. The fourth-order valence-electron chi connectivity index (χ4n) is 3.51. The Labute approximate surface area is 156 Å². The van der Waals surface area contributed by atoms with E-state index in [1.807, 2.05) is 6.07 Å². The van der Waals surface area contributed by atoms with Crippen molar-refractivity contribution in [2.24, 2.45) is 0 Å². The molecular weight excluding hydrogens is 324 g/mol. The molecule has 2 heterocycles. The number of hydrogen-bond donors (Lipinski definition) is 1. The van der Waals surface area contributed by atoms with Crippen molar-refractivity contribution >= 4 is 5.69 Å². The standard InChI is InChI=1S/C22H30N2O2/c1-2-3-4-5-6-18-7-10-20(11-8-18)26-21-13-15-24(16-14-21)19-9-12-22(25)23-17-19/h7-12,17,21H,2-6,13-16H2,1H3,(H,23,25). The van der Waals surface area contributed by atoms with Crippen LogP contribution in [0, 0.1) is 0 Å². The lowest BCUT2D eigenvalue weighted by Crippen LogP contribution is -2.38. The first-order valence-corrected chi connectivity index (χ1v) is 9.94. The summed E-state index contributed by atoms with van der Waals surface area (Å²) in [5.41, 5.74) is 2.43. The second-order valence-corrected chi connectivity index (χ2v) is 7.17. The Morgan fingerprint density at radius 1 is 1.04 bits per heavy atom. The van der Waals surface area contributed by atoms with Crippen LogP contribution in [0.25, 0.3) is 0 Å². The second-order valence-electron chi connectivity index (χ2n) is 7.17. The molecule has 1 fully saturated rings. The number of aromatic nitrogens is 1. The molecule has 1 aromatic heterocycles. The SMILES string of the molecule is CCCCCCc1ccc(OC2CCN(c3ccc(=O)[nH]c3)CC2)cc1. The van der Waals surface area contributed by atoms with Crippen LogP contribution >= 0.6 is 0 Å². The Hall–Kier alpha value is -2.23. The highest BCUT2D eigenvalue weighted by molar-refractivity contribution is 5.44. The van der Waals surface area contributed by atoms with E-state index in [9.17, 15) is 4.79 Å². The predicted octanol–water partition coefficient (Wildman–Crippen LogP) is 4.55. The topological polar surface area (TPSA) is 45.3 Å². The third-order valence-corrected chi connectivity index (χ3v) is 5.12. The fourth-order valence-corrected chi connectivity index (χ4v) is 3.51. The van der Waals surface area contributed by atoms with Crippen molar-refractivity contribution in [2.75, 3.05) is 18.0 Å². The molecule has 1 N–H and O–H groups in total. The van der Waals surface area contributed by atoms with Gasteiger partial charge in [-0.2, -0.15) is 0 Å². The van der Waals surface area contributed by atoms with Gasteiger partial charge in [0, 0.05) is 38.2 Å². The van der Waals surface area contributed by atoms with E-state index in [-0.39, 0.29) is 11.7 Å². The molecular formula is C22H30N2O2. The molecule has 3 rings (SSSR count). The van der Waals surface area contributed by atoms with E-state index in [4.69, 9.17) is 4.74 Å². The highest BCUT2D eigenvalue weighted by Gasteiger charge is 2.20. The largest absolute Gasteiger partial charge is 0.490 e. The van der Waals surface area contributed by atoms with Gasteiger partial charge in [-0.1, -0.05) is 38.3 Å². The molecule has 2 aromatic rings. The lowest BCUT2D eigenvalue weighted by atomic mass is 10.1. The van der Waals surface area contributed by atoms with Gasteiger partial charge in [0.25, 0.3) is 0 Å². The minimum atomic E-state index is -0.0548. The van der Waals surface area contributed by atoms with Gasteiger partial charge in [-0.15, -0.1) is 0 Å². The summed E-state index contributed by atoms with van der Waals surface area (Å²) in [5, 5.41) is 0. The summed E-state index contributed by atoms with van der Waals surface area (Å²) in [6, 6.07) is 12.1. The first-order valence-electron chi connectivity index (χ1n) is 9.94. The molecule has 140 valence electrons. The van der Waals surface area contributed by atoms with E-state index in [2.05, 4.69) is 41.1 Å². The van der Waals surface area contributed by atoms with E-state index in [1.165, 1.54) is 31.2 Å². The zero-order valence-corrected chi connectivity index (χ0v) is 15.7. The number of anilines is 1. The number of aromatic amines is 1. The van der Waals surface area contributed by atoms with Crippen LogP contribution in [0.4, 0.5) is 5.69 Å². The summed E-state index contributed by atoms with van der Waals surface area (Å²) in [6.07, 6.45) is 10.4. The van der Waals surface area contributed by atoms with Crippen molar-refractivity contribution in [3.63, 3.8) is 0 Å². The van der Waals surface area contributed by atoms with E-state index in [0.717, 1.165) is 43.8 Å². The van der Waals surface area contributed by atoms with Crippen molar-refractivity contribution in [3.05, 3.63) is 58.5 Å². The van der Waals surface area contributed by atoms with E-state index >= 15 is 0 Å². The molecule has 1 aliphatic rings. The summed E-state index contributed by atoms with van der Waals surface area (Å²) in [6.45, 7) is 4.15. The van der Waals surface area contributed by atoms with Gasteiger partial charge in [-0.3, -0.25) is 4.79 Å². The van der Waals surface area contributed by atoms with E-state index in [1.54, 1.807) is 12.3 Å². The zero-order chi connectivity index (χ0) is 18.2. The molecule has 1 aromatic carbocycles. The summed E-state index contributed by atoms with van der Waals surface area (Å²) in [4.78, 5) is 16.2.